The summed E-state index contributed by atoms with van der Waals surface area (Å²) in [6, 6.07) is -0.116. The minimum atomic E-state index is -0.879. The SMILES string of the molecule is C=CCCCN(C)C(=O)N(CC)CC(C)C(=O)O. The van der Waals surface area contributed by atoms with Crippen LogP contribution in [0, 0.1) is 5.92 Å². The molecule has 1 unspecified atom stereocenters. The first-order chi connectivity index (χ1) is 8.43. The van der Waals surface area contributed by atoms with Crippen LogP contribution < -0.4 is 0 Å². The number of carboxylic acids is 1. The zero-order chi connectivity index (χ0) is 14.1. The van der Waals surface area contributed by atoms with Gasteiger partial charge in [0.1, 0.15) is 0 Å². The molecular formula is C13H24N2O3. The number of nitrogens with zero attached hydrogens (tertiary/aromatic N) is 2. The van der Waals surface area contributed by atoms with Crippen LogP contribution in [0.2, 0.25) is 0 Å². The van der Waals surface area contributed by atoms with E-state index in [4.69, 9.17) is 5.11 Å². The largest absolute Gasteiger partial charge is 0.481 e. The van der Waals surface area contributed by atoms with E-state index in [1.807, 2.05) is 13.0 Å². The second-order valence-corrected chi connectivity index (χ2v) is 4.41. The highest BCUT2D eigenvalue weighted by Gasteiger charge is 2.21. The van der Waals surface area contributed by atoms with Crippen LogP contribution >= 0.6 is 0 Å². The smallest absolute Gasteiger partial charge is 0.319 e. The summed E-state index contributed by atoms with van der Waals surface area (Å²) in [7, 11) is 1.74. The third-order valence-electron chi connectivity index (χ3n) is 2.80. The van der Waals surface area contributed by atoms with E-state index in [2.05, 4.69) is 6.58 Å². The molecule has 0 spiro atoms. The van der Waals surface area contributed by atoms with Crippen LogP contribution in [0.15, 0.2) is 12.7 Å². The van der Waals surface area contributed by atoms with Gasteiger partial charge >= 0.3 is 12.0 Å². The highest BCUT2D eigenvalue weighted by molar-refractivity contribution is 5.75. The van der Waals surface area contributed by atoms with Crippen molar-refractivity contribution in [3.63, 3.8) is 0 Å². The predicted molar refractivity (Wildman–Crippen MR) is 71.5 cm³/mol. The van der Waals surface area contributed by atoms with Gasteiger partial charge in [-0.05, 0) is 19.8 Å². The number of carboxylic acid groups (broad SMARTS) is 1. The van der Waals surface area contributed by atoms with Gasteiger partial charge in [0, 0.05) is 26.7 Å². The van der Waals surface area contributed by atoms with Crippen molar-refractivity contribution in [2.45, 2.75) is 26.7 Å². The summed E-state index contributed by atoms with van der Waals surface area (Å²) >= 11 is 0. The number of hydrogen-bond acceptors (Lipinski definition) is 2. The molecule has 1 N–H and O–H groups in total. The van der Waals surface area contributed by atoms with Crippen LogP contribution in [0.1, 0.15) is 26.7 Å². The lowest BCUT2D eigenvalue weighted by molar-refractivity contribution is -0.141. The normalized spacial score (nSPS) is 11.7. The molecular weight excluding hydrogens is 232 g/mol. The summed E-state index contributed by atoms with van der Waals surface area (Å²) < 4.78 is 0. The standard InChI is InChI=1S/C13H24N2O3/c1-5-7-8-9-14(4)13(18)15(6-2)10-11(3)12(16)17/h5,11H,1,6-10H2,2-4H3,(H,16,17). The van der Waals surface area contributed by atoms with Gasteiger partial charge in [-0.25, -0.2) is 4.79 Å². The Balaban J connectivity index is 4.32. The van der Waals surface area contributed by atoms with Gasteiger partial charge in [0.25, 0.3) is 0 Å². The third-order valence-corrected chi connectivity index (χ3v) is 2.80. The Labute approximate surface area is 109 Å². The highest BCUT2D eigenvalue weighted by Crippen LogP contribution is 2.05. The van der Waals surface area contributed by atoms with Crippen molar-refractivity contribution in [3.05, 3.63) is 12.7 Å². The minimum absolute atomic E-state index is 0.116. The van der Waals surface area contributed by atoms with Crippen LogP contribution in [0.4, 0.5) is 4.79 Å². The van der Waals surface area contributed by atoms with Crippen LogP contribution in [0.5, 0.6) is 0 Å². The molecule has 5 nitrogen and oxygen atoms in total. The molecule has 0 bridgehead atoms. The molecule has 0 saturated heterocycles. The van der Waals surface area contributed by atoms with E-state index in [1.165, 1.54) is 0 Å². The maximum absolute atomic E-state index is 12.1. The van der Waals surface area contributed by atoms with E-state index in [9.17, 15) is 9.59 Å². The molecule has 0 aromatic heterocycles. The Morgan fingerprint density at radius 1 is 1.44 bits per heavy atom. The van der Waals surface area contributed by atoms with Crippen molar-refractivity contribution < 1.29 is 14.7 Å². The Bertz CT molecular complexity index is 292. The van der Waals surface area contributed by atoms with Crippen molar-refractivity contribution in [1.82, 2.24) is 9.80 Å². The van der Waals surface area contributed by atoms with E-state index < -0.39 is 11.9 Å². The third kappa shape index (κ3) is 5.70. The molecule has 0 rings (SSSR count). The van der Waals surface area contributed by atoms with Gasteiger partial charge in [-0.1, -0.05) is 13.0 Å². The summed E-state index contributed by atoms with van der Waals surface area (Å²) in [4.78, 5) is 26.0. The monoisotopic (exact) mass is 256 g/mol. The molecule has 0 fully saturated rings. The number of urea groups is 1. The van der Waals surface area contributed by atoms with Crippen molar-refractivity contribution in [2.75, 3.05) is 26.7 Å². The summed E-state index contributed by atoms with van der Waals surface area (Å²) in [5, 5.41) is 8.86. The molecule has 0 aliphatic carbocycles. The second kappa shape index (κ2) is 8.55. The van der Waals surface area contributed by atoms with Gasteiger partial charge < -0.3 is 14.9 Å². The maximum atomic E-state index is 12.1. The Kier molecular flexibility index (Phi) is 7.83. The van der Waals surface area contributed by atoms with Crippen LogP contribution in [-0.4, -0.2) is 53.6 Å². The number of aliphatic carboxylic acids is 1. The summed E-state index contributed by atoms with van der Waals surface area (Å²) in [5.41, 5.74) is 0. The number of carbonyl (C=O) groups excluding carboxylic acids is 1. The molecule has 5 heteroatoms. The fourth-order valence-corrected chi connectivity index (χ4v) is 1.56. The fraction of sp³-hybridized carbons (Fsp3) is 0.692. The number of allylic oxidation sites excluding steroid dienone is 1. The van der Waals surface area contributed by atoms with Gasteiger partial charge in [0.2, 0.25) is 0 Å². The van der Waals surface area contributed by atoms with Gasteiger partial charge in [0.05, 0.1) is 5.92 Å². The zero-order valence-corrected chi connectivity index (χ0v) is 11.6. The first kappa shape index (κ1) is 16.5. The first-order valence-electron chi connectivity index (χ1n) is 6.27. The molecule has 104 valence electrons. The number of carbonyl (C=O) groups is 2. The average molecular weight is 256 g/mol. The maximum Gasteiger partial charge on any atom is 0.319 e. The van der Waals surface area contributed by atoms with Gasteiger partial charge in [-0.2, -0.15) is 0 Å². The van der Waals surface area contributed by atoms with Crippen molar-refractivity contribution in [2.24, 2.45) is 5.92 Å². The number of unbranched alkanes of at least 4 members (excludes halogenated alkanes) is 1. The highest BCUT2D eigenvalue weighted by atomic mass is 16.4. The van der Waals surface area contributed by atoms with Crippen LogP contribution in [0.25, 0.3) is 0 Å². The molecule has 18 heavy (non-hydrogen) atoms. The first-order valence-corrected chi connectivity index (χ1v) is 6.27. The molecule has 0 aliphatic rings. The summed E-state index contributed by atoms with van der Waals surface area (Å²) in [6.45, 7) is 8.51. The Morgan fingerprint density at radius 2 is 2.06 bits per heavy atom. The molecule has 0 aliphatic heterocycles. The average Bonchev–Trinajstić information content (AvgIpc) is 2.34. The van der Waals surface area contributed by atoms with Gasteiger partial charge in [-0.3, -0.25) is 4.79 Å². The molecule has 1 atom stereocenters. The molecule has 0 aromatic carbocycles. The number of hydrogen-bond donors (Lipinski definition) is 1. The van der Waals surface area contributed by atoms with Crippen molar-refractivity contribution in [3.8, 4) is 0 Å². The lowest BCUT2D eigenvalue weighted by atomic mass is 10.2. The number of rotatable bonds is 8. The molecule has 0 aromatic rings. The van der Waals surface area contributed by atoms with Crippen LogP contribution in [-0.2, 0) is 4.79 Å². The molecule has 0 radical (unpaired) electrons. The summed E-state index contributed by atoms with van der Waals surface area (Å²) in [5.74, 6) is -1.42. The van der Waals surface area contributed by atoms with E-state index in [0.29, 0.717) is 13.1 Å². The zero-order valence-electron chi connectivity index (χ0n) is 11.6. The number of amides is 2. The molecule has 0 heterocycles. The minimum Gasteiger partial charge on any atom is -0.481 e. The van der Waals surface area contributed by atoms with Gasteiger partial charge in [-0.15, -0.1) is 6.58 Å². The molecule has 0 saturated carbocycles. The van der Waals surface area contributed by atoms with E-state index in [-0.39, 0.29) is 12.6 Å². The Hall–Kier alpha value is -1.52. The lowest BCUT2D eigenvalue weighted by Crippen LogP contribution is -2.44. The lowest BCUT2D eigenvalue weighted by Gasteiger charge is -2.28. The predicted octanol–water partition coefficient (Wildman–Crippen LogP) is 2.05. The fourth-order valence-electron chi connectivity index (χ4n) is 1.56. The van der Waals surface area contributed by atoms with Crippen molar-refractivity contribution in [1.29, 1.82) is 0 Å². The van der Waals surface area contributed by atoms with E-state index in [1.54, 1.807) is 23.8 Å². The quantitative estimate of drug-likeness (QED) is 0.534. The summed E-state index contributed by atoms with van der Waals surface area (Å²) in [6.07, 6.45) is 3.56. The van der Waals surface area contributed by atoms with Crippen LogP contribution in [0.3, 0.4) is 0 Å². The van der Waals surface area contributed by atoms with Crippen molar-refractivity contribution >= 4 is 12.0 Å². The molecule has 2 amide bonds. The van der Waals surface area contributed by atoms with E-state index >= 15 is 0 Å². The second-order valence-electron chi connectivity index (χ2n) is 4.41. The van der Waals surface area contributed by atoms with Gasteiger partial charge in [0.15, 0.2) is 0 Å². The Morgan fingerprint density at radius 3 is 2.50 bits per heavy atom. The topological polar surface area (TPSA) is 60.9 Å². The van der Waals surface area contributed by atoms with E-state index in [0.717, 1.165) is 12.8 Å².